The third kappa shape index (κ3) is 1.36. The average Bonchev–Trinajstić information content (AvgIpc) is 1.95. The van der Waals surface area contributed by atoms with E-state index in [4.69, 9.17) is 11.6 Å². The van der Waals surface area contributed by atoms with Crippen molar-refractivity contribution in [1.29, 1.82) is 0 Å². The monoisotopic (exact) mass is 153 g/mol. The molecule has 0 unspecified atom stereocenters. The van der Waals surface area contributed by atoms with Gasteiger partial charge in [-0.2, -0.15) is 0 Å². The average molecular weight is 154 g/mol. The van der Waals surface area contributed by atoms with Gasteiger partial charge < -0.3 is 0 Å². The van der Waals surface area contributed by atoms with E-state index in [9.17, 15) is 4.79 Å². The SMILES string of the molecule is Cc1ccc([C]=O)cc1Cl. The van der Waals surface area contributed by atoms with Crippen molar-refractivity contribution >= 4 is 17.9 Å². The molecule has 0 aliphatic heterocycles. The predicted molar refractivity (Wildman–Crippen MR) is 41.0 cm³/mol. The van der Waals surface area contributed by atoms with Gasteiger partial charge in [-0.15, -0.1) is 0 Å². The molecule has 1 nitrogen and oxygen atoms in total. The Morgan fingerprint density at radius 2 is 2.20 bits per heavy atom. The van der Waals surface area contributed by atoms with Crippen molar-refractivity contribution in [3.8, 4) is 0 Å². The minimum atomic E-state index is 0.496. The molecule has 0 spiro atoms. The van der Waals surface area contributed by atoms with Crippen LogP contribution in [-0.4, -0.2) is 6.29 Å². The second-order valence-electron chi connectivity index (χ2n) is 2.07. The molecule has 0 bridgehead atoms. The largest absolute Gasteiger partial charge is 0.285 e. The van der Waals surface area contributed by atoms with Crippen LogP contribution in [0.2, 0.25) is 5.02 Å². The van der Waals surface area contributed by atoms with Gasteiger partial charge in [0, 0.05) is 10.6 Å². The molecule has 0 saturated heterocycles. The lowest BCUT2D eigenvalue weighted by atomic mass is 10.2. The maximum absolute atomic E-state index is 10.1. The quantitative estimate of drug-likeness (QED) is 0.604. The van der Waals surface area contributed by atoms with Gasteiger partial charge in [0.05, 0.1) is 0 Å². The molecular weight excluding hydrogens is 148 g/mol. The number of rotatable bonds is 1. The Morgan fingerprint density at radius 1 is 1.50 bits per heavy atom. The molecule has 1 aromatic rings. The smallest absolute Gasteiger partial charge is 0.233 e. The first-order valence-corrected chi connectivity index (χ1v) is 3.26. The summed E-state index contributed by atoms with van der Waals surface area (Å²) < 4.78 is 0. The molecule has 0 aromatic heterocycles. The number of hydrogen-bond donors (Lipinski definition) is 0. The summed E-state index contributed by atoms with van der Waals surface area (Å²) >= 11 is 5.71. The van der Waals surface area contributed by atoms with Crippen LogP contribution in [0.3, 0.4) is 0 Å². The van der Waals surface area contributed by atoms with E-state index in [-0.39, 0.29) is 0 Å². The number of aryl methyl sites for hydroxylation is 1. The van der Waals surface area contributed by atoms with Crippen LogP contribution in [0, 0.1) is 6.92 Å². The summed E-state index contributed by atoms with van der Waals surface area (Å²) in [6.45, 7) is 1.89. The maximum Gasteiger partial charge on any atom is 0.233 e. The lowest BCUT2D eigenvalue weighted by Gasteiger charge is -1.95. The van der Waals surface area contributed by atoms with Gasteiger partial charge in [0.1, 0.15) is 0 Å². The molecule has 51 valence electrons. The van der Waals surface area contributed by atoms with Crippen LogP contribution in [0.25, 0.3) is 0 Å². The van der Waals surface area contributed by atoms with E-state index in [1.165, 1.54) is 0 Å². The first-order valence-electron chi connectivity index (χ1n) is 2.88. The van der Waals surface area contributed by atoms with E-state index in [0.717, 1.165) is 5.56 Å². The number of halogens is 1. The summed E-state index contributed by atoms with van der Waals surface area (Å²) in [4.78, 5) is 10.1. The molecule has 1 rings (SSSR count). The summed E-state index contributed by atoms with van der Waals surface area (Å²) in [5.41, 5.74) is 1.47. The molecule has 0 aliphatic rings. The van der Waals surface area contributed by atoms with Gasteiger partial charge in [0.2, 0.25) is 6.29 Å². The Kier molecular flexibility index (Phi) is 2.07. The Hall–Kier alpha value is -0.820. The van der Waals surface area contributed by atoms with Crippen molar-refractivity contribution in [2.45, 2.75) is 6.92 Å². The van der Waals surface area contributed by atoms with Gasteiger partial charge in [-0.25, -0.2) is 0 Å². The van der Waals surface area contributed by atoms with E-state index in [0.29, 0.717) is 10.6 Å². The zero-order valence-corrected chi connectivity index (χ0v) is 6.27. The van der Waals surface area contributed by atoms with Crippen LogP contribution in [0.15, 0.2) is 18.2 Å². The number of hydrogen-bond acceptors (Lipinski definition) is 1. The molecule has 1 aromatic carbocycles. The summed E-state index contributed by atoms with van der Waals surface area (Å²) in [6, 6.07) is 5.08. The zero-order chi connectivity index (χ0) is 7.56. The van der Waals surface area contributed by atoms with Gasteiger partial charge in [0.25, 0.3) is 0 Å². The van der Waals surface area contributed by atoms with Gasteiger partial charge in [0.15, 0.2) is 0 Å². The molecule has 0 N–H and O–H groups in total. The highest BCUT2D eigenvalue weighted by Crippen LogP contribution is 2.14. The van der Waals surface area contributed by atoms with Crippen LogP contribution in [0.4, 0.5) is 0 Å². The molecule has 0 fully saturated rings. The highest BCUT2D eigenvalue weighted by atomic mass is 35.5. The second-order valence-corrected chi connectivity index (χ2v) is 2.47. The molecule has 10 heavy (non-hydrogen) atoms. The highest BCUT2D eigenvalue weighted by Gasteiger charge is 1.95. The molecule has 0 saturated carbocycles. The lowest BCUT2D eigenvalue weighted by Crippen LogP contribution is -1.81. The number of benzene rings is 1. The zero-order valence-electron chi connectivity index (χ0n) is 5.52. The third-order valence-electron chi connectivity index (χ3n) is 1.29. The molecule has 0 amide bonds. The molecule has 1 radical (unpaired) electrons. The van der Waals surface area contributed by atoms with Crippen LogP contribution in [0.1, 0.15) is 11.1 Å². The van der Waals surface area contributed by atoms with Crippen molar-refractivity contribution < 1.29 is 4.79 Å². The molecule has 0 aliphatic carbocycles. The normalized spacial score (nSPS) is 9.40. The standard InChI is InChI=1S/C8H6ClO/c1-6-2-3-7(5-10)4-8(6)9/h2-4H,1H3. The van der Waals surface area contributed by atoms with Crippen molar-refractivity contribution in [2.75, 3.05) is 0 Å². The Bertz CT molecular complexity index is 255. The number of carbonyl (C=O) groups excluding carboxylic acids is 1. The maximum atomic E-state index is 10.1. The predicted octanol–water partition coefficient (Wildman–Crippen LogP) is 2.11. The van der Waals surface area contributed by atoms with E-state index in [1.54, 1.807) is 24.5 Å². The van der Waals surface area contributed by atoms with Crippen LogP contribution in [0.5, 0.6) is 0 Å². The fraction of sp³-hybridized carbons (Fsp3) is 0.125. The summed E-state index contributed by atoms with van der Waals surface area (Å²) in [5, 5.41) is 0.612. The minimum absolute atomic E-state index is 0.496. The minimum Gasteiger partial charge on any atom is -0.285 e. The fourth-order valence-corrected chi connectivity index (χ4v) is 0.837. The van der Waals surface area contributed by atoms with Crippen LogP contribution < -0.4 is 0 Å². The van der Waals surface area contributed by atoms with Crippen molar-refractivity contribution in [3.63, 3.8) is 0 Å². The van der Waals surface area contributed by atoms with E-state index < -0.39 is 0 Å². The fourth-order valence-electron chi connectivity index (χ4n) is 0.656. The van der Waals surface area contributed by atoms with Crippen molar-refractivity contribution in [1.82, 2.24) is 0 Å². The lowest BCUT2D eigenvalue weighted by molar-refractivity contribution is 0.563. The Balaban J connectivity index is 3.16. The van der Waals surface area contributed by atoms with Gasteiger partial charge in [-0.1, -0.05) is 23.7 Å². The summed E-state index contributed by atoms with van der Waals surface area (Å²) in [5.74, 6) is 0. The van der Waals surface area contributed by atoms with E-state index in [1.807, 2.05) is 6.92 Å². The van der Waals surface area contributed by atoms with E-state index in [2.05, 4.69) is 0 Å². The second kappa shape index (κ2) is 2.84. The Morgan fingerprint density at radius 3 is 2.70 bits per heavy atom. The molecule has 2 heteroatoms. The Labute approximate surface area is 64.6 Å². The highest BCUT2D eigenvalue weighted by molar-refractivity contribution is 6.31. The van der Waals surface area contributed by atoms with Crippen molar-refractivity contribution in [3.05, 3.63) is 34.3 Å². The van der Waals surface area contributed by atoms with Crippen LogP contribution in [-0.2, 0) is 4.79 Å². The van der Waals surface area contributed by atoms with Crippen molar-refractivity contribution in [2.24, 2.45) is 0 Å². The molecule has 0 heterocycles. The molecular formula is C8H6ClO. The third-order valence-corrected chi connectivity index (χ3v) is 1.70. The van der Waals surface area contributed by atoms with Gasteiger partial charge in [-0.3, -0.25) is 4.79 Å². The van der Waals surface area contributed by atoms with Gasteiger partial charge >= 0.3 is 0 Å². The topological polar surface area (TPSA) is 17.1 Å². The summed E-state index contributed by atoms with van der Waals surface area (Å²) in [7, 11) is 0. The van der Waals surface area contributed by atoms with Gasteiger partial charge in [-0.05, 0) is 18.6 Å². The summed E-state index contributed by atoms with van der Waals surface area (Å²) in [6.07, 6.45) is 1.76. The first-order chi connectivity index (χ1) is 4.74. The molecule has 0 atom stereocenters. The first kappa shape index (κ1) is 7.29. The van der Waals surface area contributed by atoms with Crippen LogP contribution >= 0.6 is 11.6 Å². The van der Waals surface area contributed by atoms with E-state index >= 15 is 0 Å².